The lowest BCUT2D eigenvalue weighted by atomic mass is 10.2. The van der Waals surface area contributed by atoms with Gasteiger partial charge in [0.15, 0.2) is 17.3 Å². The molecule has 24 heavy (non-hydrogen) atoms. The minimum atomic E-state index is 0.308. The maximum absolute atomic E-state index is 6.12. The van der Waals surface area contributed by atoms with Crippen molar-refractivity contribution in [3.63, 3.8) is 0 Å². The van der Waals surface area contributed by atoms with E-state index in [4.69, 9.17) is 32.9 Å². The van der Waals surface area contributed by atoms with Crippen LogP contribution in [0.25, 0.3) is 0 Å². The number of rotatable bonds is 0. The molecule has 1 aromatic heterocycles. The number of halogens is 2. The number of amidine groups is 1. The molecule has 0 amide bonds. The number of aromatic nitrogens is 2. The Labute approximate surface area is 149 Å². The van der Waals surface area contributed by atoms with Crippen molar-refractivity contribution in [1.82, 2.24) is 19.8 Å². The van der Waals surface area contributed by atoms with E-state index in [1.54, 1.807) is 18.2 Å². The molecule has 0 unspecified atom stereocenters. The molecule has 2 aromatic rings. The first-order valence-electron chi connectivity index (χ1n) is 7.62. The Morgan fingerprint density at radius 3 is 2.71 bits per heavy atom. The molecule has 0 saturated carbocycles. The van der Waals surface area contributed by atoms with Gasteiger partial charge in [0.25, 0.3) is 0 Å². The Bertz CT molecular complexity index is 818. The zero-order valence-corrected chi connectivity index (χ0v) is 14.5. The quantitative estimate of drug-likeness (QED) is 0.719. The Hall–Kier alpha value is -1.89. The average molecular weight is 364 g/mol. The minimum Gasteiger partial charge on any atom is -0.435 e. The molecule has 0 aliphatic carbocycles. The van der Waals surface area contributed by atoms with Crippen molar-refractivity contribution in [2.24, 2.45) is 4.99 Å². The molecule has 1 saturated heterocycles. The molecule has 0 spiro atoms. The number of hydrogen-bond acceptors (Lipinski definition) is 6. The highest BCUT2D eigenvalue weighted by Crippen LogP contribution is 2.38. The third-order valence-electron chi connectivity index (χ3n) is 4.08. The first-order valence-corrected chi connectivity index (χ1v) is 8.38. The van der Waals surface area contributed by atoms with Crippen LogP contribution >= 0.6 is 23.2 Å². The van der Waals surface area contributed by atoms with Crippen LogP contribution in [0.3, 0.4) is 0 Å². The molecule has 124 valence electrons. The summed E-state index contributed by atoms with van der Waals surface area (Å²) in [5.41, 5.74) is 1.21. The van der Waals surface area contributed by atoms with Crippen molar-refractivity contribution < 1.29 is 4.74 Å². The van der Waals surface area contributed by atoms with Gasteiger partial charge >= 0.3 is 0 Å². The lowest BCUT2D eigenvalue weighted by Gasteiger charge is -2.34. The monoisotopic (exact) mass is 363 g/mol. The molecule has 1 aromatic carbocycles. The van der Waals surface area contributed by atoms with Gasteiger partial charge in [-0.25, -0.2) is 15.0 Å². The molecule has 6 nitrogen and oxygen atoms in total. The van der Waals surface area contributed by atoms with Crippen LogP contribution in [0.2, 0.25) is 10.2 Å². The van der Waals surface area contributed by atoms with E-state index in [2.05, 4.69) is 26.8 Å². The number of ether oxygens (including phenoxy) is 1. The molecule has 0 atom stereocenters. The molecule has 3 heterocycles. The predicted octanol–water partition coefficient (Wildman–Crippen LogP) is 3.21. The SMILES string of the molecule is CN1CCN(C2=Nc3cc(Cl)ccc3Oc3ncc(Cl)nc32)CC1. The Morgan fingerprint density at radius 2 is 1.92 bits per heavy atom. The maximum atomic E-state index is 6.12. The zero-order chi connectivity index (χ0) is 16.7. The van der Waals surface area contributed by atoms with Crippen LogP contribution in [0.5, 0.6) is 11.6 Å². The van der Waals surface area contributed by atoms with E-state index >= 15 is 0 Å². The smallest absolute Gasteiger partial charge is 0.249 e. The Balaban J connectivity index is 1.85. The van der Waals surface area contributed by atoms with Crippen LogP contribution in [0.4, 0.5) is 5.69 Å². The number of likely N-dealkylation sites (N-methyl/N-ethyl adjacent to an activating group) is 1. The lowest BCUT2D eigenvalue weighted by Crippen LogP contribution is -2.47. The van der Waals surface area contributed by atoms with Gasteiger partial charge in [0.1, 0.15) is 10.8 Å². The van der Waals surface area contributed by atoms with Crippen molar-refractivity contribution >= 4 is 34.7 Å². The van der Waals surface area contributed by atoms with E-state index in [1.807, 2.05) is 0 Å². The normalized spacial score (nSPS) is 17.5. The van der Waals surface area contributed by atoms with E-state index in [1.165, 1.54) is 6.20 Å². The molecule has 2 aliphatic heterocycles. The zero-order valence-electron chi connectivity index (χ0n) is 13.0. The highest BCUT2D eigenvalue weighted by atomic mass is 35.5. The number of fused-ring (bicyclic) bond motifs is 2. The molecule has 0 N–H and O–H groups in total. The van der Waals surface area contributed by atoms with Crippen LogP contribution in [-0.4, -0.2) is 58.8 Å². The first kappa shape index (κ1) is 15.6. The third-order valence-corrected chi connectivity index (χ3v) is 4.50. The van der Waals surface area contributed by atoms with Gasteiger partial charge < -0.3 is 14.5 Å². The molecule has 1 fully saturated rings. The molecular weight excluding hydrogens is 349 g/mol. The summed E-state index contributed by atoms with van der Waals surface area (Å²) >= 11 is 12.2. The fourth-order valence-electron chi connectivity index (χ4n) is 2.75. The molecule has 8 heteroatoms. The number of nitrogens with zero attached hydrogens (tertiary/aromatic N) is 5. The summed E-state index contributed by atoms with van der Waals surface area (Å²) in [6, 6.07) is 5.33. The fraction of sp³-hybridized carbons (Fsp3) is 0.312. The lowest BCUT2D eigenvalue weighted by molar-refractivity contribution is 0.215. The van der Waals surface area contributed by atoms with Gasteiger partial charge in [-0.05, 0) is 25.2 Å². The van der Waals surface area contributed by atoms with Crippen molar-refractivity contribution in [2.45, 2.75) is 0 Å². The van der Waals surface area contributed by atoms with Gasteiger partial charge in [-0.2, -0.15) is 0 Å². The molecular formula is C16H15Cl2N5O. The van der Waals surface area contributed by atoms with E-state index < -0.39 is 0 Å². The van der Waals surface area contributed by atoms with Crippen LogP contribution in [0.15, 0.2) is 29.4 Å². The maximum Gasteiger partial charge on any atom is 0.249 e. The average Bonchev–Trinajstić information content (AvgIpc) is 2.72. The van der Waals surface area contributed by atoms with Gasteiger partial charge in [0.05, 0.1) is 6.20 Å². The largest absolute Gasteiger partial charge is 0.435 e. The van der Waals surface area contributed by atoms with E-state index in [0.717, 1.165) is 26.2 Å². The summed E-state index contributed by atoms with van der Waals surface area (Å²) < 4.78 is 5.91. The van der Waals surface area contributed by atoms with Gasteiger partial charge in [-0.3, -0.25) is 0 Å². The topological polar surface area (TPSA) is 53.9 Å². The van der Waals surface area contributed by atoms with E-state index in [-0.39, 0.29) is 0 Å². The van der Waals surface area contributed by atoms with Crippen LogP contribution in [0.1, 0.15) is 5.69 Å². The van der Waals surface area contributed by atoms with E-state index in [0.29, 0.717) is 39.0 Å². The fourth-order valence-corrected chi connectivity index (χ4v) is 3.05. The predicted molar refractivity (Wildman–Crippen MR) is 93.8 cm³/mol. The van der Waals surface area contributed by atoms with Gasteiger partial charge in [-0.1, -0.05) is 23.2 Å². The molecule has 0 bridgehead atoms. The Morgan fingerprint density at radius 1 is 1.12 bits per heavy atom. The van der Waals surface area contributed by atoms with Crippen molar-refractivity contribution in [1.29, 1.82) is 0 Å². The summed E-state index contributed by atoms with van der Waals surface area (Å²) in [7, 11) is 2.11. The van der Waals surface area contributed by atoms with E-state index in [9.17, 15) is 0 Å². The van der Waals surface area contributed by atoms with Crippen LogP contribution in [-0.2, 0) is 0 Å². The van der Waals surface area contributed by atoms with Crippen molar-refractivity contribution in [3.05, 3.63) is 40.3 Å². The second-order valence-electron chi connectivity index (χ2n) is 5.79. The summed E-state index contributed by atoms with van der Waals surface area (Å²) in [4.78, 5) is 18.0. The second-order valence-corrected chi connectivity index (χ2v) is 6.61. The van der Waals surface area contributed by atoms with Crippen LogP contribution < -0.4 is 4.74 Å². The first-order chi connectivity index (χ1) is 11.6. The standard InChI is InChI=1S/C16H15Cl2N5O/c1-22-4-6-23(7-5-22)15-14-16(19-9-13(18)21-14)24-12-3-2-10(17)8-11(12)20-15/h2-3,8-9H,4-7H2,1H3. The van der Waals surface area contributed by atoms with Crippen molar-refractivity contribution in [2.75, 3.05) is 33.2 Å². The third kappa shape index (κ3) is 2.92. The highest BCUT2D eigenvalue weighted by molar-refractivity contribution is 6.31. The number of aliphatic imine (C=N–C) groups is 1. The summed E-state index contributed by atoms with van der Waals surface area (Å²) in [6.45, 7) is 3.59. The number of benzene rings is 1. The molecule has 4 rings (SSSR count). The number of hydrogen-bond donors (Lipinski definition) is 0. The van der Waals surface area contributed by atoms with Gasteiger partial charge in [0.2, 0.25) is 5.88 Å². The Kier molecular flexibility index (Phi) is 4.04. The highest BCUT2D eigenvalue weighted by Gasteiger charge is 2.27. The minimum absolute atomic E-state index is 0.308. The van der Waals surface area contributed by atoms with Crippen molar-refractivity contribution in [3.8, 4) is 11.6 Å². The molecule has 2 aliphatic rings. The summed E-state index contributed by atoms with van der Waals surface area (Å²) in [5.74, 6) is 1.72. The molecule has 0 radical (unpaired) electrons. The summed E-state index contributed by atoms with van der Waals surface area (Å²) in [5, 5.41) is 0.909. The summed E-state index contributed by atoms with van der Waals surface area (Å²) in [6.07, 6.45) is 1.48. The van der Waals surface area contributed by atoms with Gasteiger partial charge in [-0.15, -0.1) is 0 Å². The van der Waals surface area contributed by atoms with Gasteiger partial charge in [0, 0.05) is 31.2 Å². The van der Waals surface area contributed by atoms with Crippen LogP contribution in [0, 0.1) is 0 Å². The number of piperazine rings is 1. The second kappa shape index (κ2) is 6.20.